The number of allylic oxidation sites excluding steroid dienone is 2. The number of pyridine rings is 1. The van der Waals surface area contributed by atoms with E-state index >= 15 is 0 Å². The van der Waals surface area contributed by atoms with Gasteiger partial charge in [0.1, 0.15) is 5.52 Å². The van der Waals surface area contributed by atoms with Gasteiger partial charge in [-0.1, -0.05) is 23.8 Å². The monoisotopic (exact) mass is 485 g/mol. The van der Waals surface area contributed by atoms with Crippen LogP contribution in [0.2, 0.25) is 5.02 Å². The molecule has 136 valence electrons. The van der Waals surface area contributed by atoms with Gasteiger partial charge in [0, 0.05) is 18.0 Å². The Hall–Kier alpha value is -1.87. The Bertz CT molecular complexity index is 872. The molecule has 0 aliphatic heterocycles. The fourth-order valence-electron chi connectivity index (χ4n) is 2.75. The summed E-state index contributed by atoms with van der Waals surface area (Å²) in [6.07, 6.45) is 8.07. The zero-order valence-electron chi connectivity index (χ0n) is 13.8. The van der Waals surface area contributed by atoms with Crippen LogP contribution < -0.4 is 15.6 Å². The van der Waals surface area contributed by atoms with E-state index in [1.807, 2.05) is 12.1 Å². The summed E-state index contributed by atoms with van der Waals surface area (Å²) in [5.74, 6) is 0.0673. The summed E-state index contributed by atoms with van der Waals surface area (Å²) in [5.41, 5.74) is 5.38. The molecule has 0 bridgehead atoms. The van der Waals surface area contributed by atoms with E-state index in [2.05, 4.69) is 44.5 Å². The van der Waals surface area contributed by atoms with Crippen LogP contribution in [0.5, 0.6) is 5.75 Å². The second-order valence-corrected chi connectivity index (χ2v) is 7.49. The van der Waals surface area contributed by atoms with Gasteiger partial charge in [0.25, 0.3) is 5.91 Å². The van der Waals surface area contributed by atoms with Crippen molar-refractivity contribution in [2.45, 2.75) is 19.3 Å². The van der Waals surface area contributed by atoms with E-state index in [0.29, 0.717) is 22.7 Å². The van der Waals surface area contributed by atoms with Crippen molar-refractivity contribution in [2.24, 2.45) is 5.92 Å². The first kappa shape index (κ1) is 18.9. The summed E-state index contributed by atoms with van der Waals surface area (Å²) in [7, 11) is 0. The maximum absolute atomic E-state index is 12.0. The molecule has 0 saturated carbocycles. The smallest absolute Gasteiger partial charge is 0.276 e. The van der Waals surface area contributed by atoms with Gasteiger partial charge in [-0.3, -0.25) is 25.4 Å². The van der Waals surface area contributed by atoms with E-state index in [0.717, 1.165) is 21.8 Å². The van der Waals surface area contributed by atoms with Crippen LogP contribution >= 0.6 is 34.2 Å². The van der Waals surface area contributed by atoms with Gasteiger partial charge in [-0.2, -0.15) is 0 Å². The van der Waals surface area contributed by atoms with Crippen molar-refractivity contribution in [1.29, 1.82) is 0 Å². The molecule has 1 aliphatic carbocycles. The lowest BCUT2D eigenvalue weighted by molar-refractivity contribution is -0.130. The summed E-state index contributed by atoms with van der Waals surface area (Å²) in [5, 5.41) is 1.32. The van der Waals surface area contributed by atoms with Crippen LogP contribution in [0.15, 0.2) is 36.5 Å². The highest BCUT2D eigenvalue weighted by Gasteiger charge is 2.16. The number of halogens is 2. The van der Waals surface area contributed by atoms with Gasteiger partial charge >= 0.3 is 0 Å². The van der Waals surface area contributed by atoms with E-state index < -0.39 is 5.91 Å². The summed E-state index contributed by atoms with van der Waals surface area (Å²) in [6, 6.07) is 5.38. The molecule has 1 aliphatic rings. The number of rotatable bonds is 5. The Morgan fingerprint density at radius 2 is 2.15 bits per heavy atom. The number of aromatic nitrogens is 1. The Labute approximate surface area is 169 Å². The first-order valence-corrected chi connectivity index (χ1v) is 9.60. The Kier molecular flexibility index (Phi) is 6.31. The number of nitrogens with zero attached hydrogens (tertiary/aromatic N) is 1. The SMILES string of the molecule is O=C(COc1c(I)cc(Cl)c2cccnc12)NNC(=O)CC1C=CCC1. The zero-order valence-corrected chi connectivity index (χ0v) is 16.7. The molecule has 2 N–H and O–H groups in total. The fourth-order valence-corrected chi connectivity index (χ4v) is 3.92. The van der Waals surface area contributed by atoms with Crippen molar-refractivity contribution in [1.82, 2.24) is 15.8 Å². The average molecular weight is 486 g/mol. The molecule has 0 spiro atoms. The minimum absolute atomic E-state index is 0.219. The second kappa shape index (κ2) is 8.68. The molecule has 2 amide bonds. The number of fused-ring (bicyclic) bond motifs is 1. The summed E-state index contributed by atoms with van der Waals surface area (Å²) in [6.45, 7) is -0.243. The molecule has 2 aromatic rings. The Morgan fingerprint density at radius 1 is 1.35 bits per heavy atom. The van der Waals surface area contributed by atoms with Gasteiger partial charge in [-0.15, -0.1) is 0 Å². The number of carbonyl (C=O) groups excluding carboxylic acids is 2. The minimum atomic E-state index is -0.449. The number of carbonyl (C=O) groups is 2. The zero-order chi connectivity index (χ0) is 18.5. The van der Waals surface area contributed by atoms with Crippen LogP contribution in [-0.2, 0) is 9.59 Å². The van der Waals surface area contributed by atoms with Crippen molar-refractivity contribution in [2.75, 3.05) is 6.61 Å². The molecule has 3 rings (SSSR count). The lowest BCUT2D eigenvalue weighted by Gasteiger charge is -2.13. The summed E-state index contributed by atoms with van der Waals surface area (Å²) >= 11 is 8.30. The third-order valence-electron chi connectivity index (χ3n) is 4.00. The van der Waals surface area contributed by atoms with Gasteiger partial charge in [0.2, 0.25) is 5.91 Å². The quantitative estimate of drug-likeness (QED) is 0.387. The van der Waals surface area contributed by atoms with Crippen LogP contribution in [-0.4, -0.2) is 23.4 Å². The first-order chi connectivity index (χ1) is 12.5. The Morgan fingerprint density at radius 3 is 2.92 bits per heavy atom. The fraction of sp³-hybridized carbons (Fsp3) is 0.278. The predicted molar refractivity (Wildman–Crippen MR) is 108 cm³/mol. The van der Waals surface area contributed by atoms with Crippen molar-refractivity contribution >= 4 is 56.9 Å². The van der Waals surface area contributed by atoms with Crippen LogP contribution in [0.1, 0.15) is 19.3 Å². The number of hydrogen-bond acceptors (Lipinski definition) is 4. The molecule has 0 radical (unpaired) electrons. The van der Waals surface area contributed by atoms with Gasteiger partial charge in [-0.25, -0.2) is 0 Å². The second-order valence-electron chi connectivity index (χ2n) is 5.92. The van der Waals surface area contributed by atoms with Crippen molar-refractivity contribution in [3.63, 3.8) is 0 Å². The molecule has 0 saturated heterocycles. The van der Waals surface area contributed by atoms with E-state index in [9.17, 15) is 9.59 Å². The minimum Gasteiger partial charge on any atom is -0.480 e. The van der Waals surface area contributed by atoms with Crippen LogP contribution in [0.4, 0.5) is 0 Å². The maximum Gasteiger partial charge on any atom is 0.276 e. The van der Waals surface area contributed by atoms with Gasteiger partial charge in [-0.05, 0) is 59.5 Å². The third kappa shape index (κ3) is 4.64. The Balaban J connectivity index is 1.55. The van der Waals surface area contributed by atoms with Crippen molar-refractivity contribution in [3.8, 4) is 5.75 Å². The molecule has 1 aromatic heterocycles. The molecule has 6 nitrogen and oxygen atoms in total. The molecule has 0 fully saturated rings. The van der Waals surface area contributed by atoms with Gasteiger partial charge in [0.15, 0.2) is 12.4 Å². The summed E-state index contributed by atoms with van der Waals surface area (Å²) in [4.78, 5) is 28.1. The highest BCUT2D eigenvalue weighted by atomic mass is 127. The summed E-state index contributed by atoms with van der Waals surface area (Å²) < 4.78 is 6.38. The third-order valence-corrected chi connectivity index (χ3v) is 5.11. The molecule has 1 unspecified atom stereocenters. The topological polar surface area (TPSA) is 80.3 Å². The van der Waals surface area contributed by atoms with E-state index in [1.165, 1.54) is 0 Å². The van der Waals surface area contributed by atoms with Crippen LogP contribution in [0.25, 0.3) is 10.9 Å². The average Bonchev–Trinajstić information content (AvgIpc) is 3.12. The lowest BCUT2D eigenvalue weighted by atomic mass is 10.1. The molecule has 26 heavy (non-hydrogen) atoms. The van der Waals surface area contributed by atoms with E-state index in [4.69, 9.17) is 16.3 Å². The molecule has 8 heteroatoms. The molecule has 1 heterocycles. The first-order valence-electron chi connectivity index (χ1n) is 8.14. The highest BCUT2D eigenvalue weighted by molar-refractivity contribution is 14.1. The number of hydrogen-bond donors (Lipinski definition) is 2. The molecular formula is C18H17ClIN3O3. The standard InChI is InChI=1S/C18H17ClIN3O3/c19-13-9-14(20)18(17-12(13)6-3-7-21-17)26-10-16(25)23-22-15(24)8-11-4-1-2-5-11/h1,3-4,6-7,9,11H,2,5,8,10H2,(H,22,24)(H,23,25). The molecule has 1 aromatic carbocycles. The number of nitrogens with one attached hydrogen (secondary N) is 2. The number of benzene rings is 1. The van der Waals surface area contributed by atoms with Gasteiger partial charge < -0.3 is 4.74 Å². The number of hydrazine groups is 1. The highest BCUT2D eigenvalue weighted by Crippen LogP contribution is 2.34. The lowest BCUT2D eigenvalue weighted by Crippen LogP contribution is -2.44. The van der Waals surface area contributed by atoms with Crippen molar-refractivity contribution in [3.05, 3.63) is 45.1 Å². The number of amides is 2. The van der Waals surface area contributed by atoms with Crippen molar-refractivity contribution < 1.29 is 14.3 Å². The molecule has 1 atom stereocenters. The normalized spacial score (nSPS) is 15.8. The molecular weight excluding hydrogens is 469 g/mol. The maximum atomic E-state index is 12.0. The van der Waals surface area contributed by atoms with Gasteiger partial charge in [0.05, 0.1) is 8.59 Å². The van der Waals surface area contributed by atoms with Crippen LogP contribution in [0, 0.1) is 9.49 Å². The van der Waals surface area contributed by atoms with E-state index in [1.54, 1.807) is 18.3 Å². The largest absolute Gasteiger partial charge is 0.480 e. The predicted octanol–water partition coefficient (Wildman–Crippen LogP) is 3.38. The van der Waals surface area contributed by atoms with Crippen LogP contribution in [0.3, 0.4) is 0 Å². The number of ether oxygens (including phenoxy) is 1. The van der Waals surface area contributed by atoms with E-state index in [-0.39, 0.29) is 18.4 Å².